The van der Waals surface area contributed by atoms with Crippen LogP contribution in [0.4, 0.5) is 10.5 Å². The van der Waals surface area contributed by atoms with Crippen LogP contribution in [-0.4, -0.2) is 142 Å². The van der Waals surface area contributed by atoms with E-state index in [9.17, 15) is 51.6 Å². The average molecular weight is 1220 g/mol. The SMILES string of the molecule is CCc1cc(NC(=O)[C@H](CCCNC(N)=O)NC(=O)[C@@H](NC(=O)CC(C)(CC)COCC(C)(CC)CN2C(=O)C=CC2=O)C(C)C)ccc1S(=O)(=O)NC(=O)/C(C)=C/[C@H](C(C)C)N(C)C(=O)[C@@H](NC(=O)[C@@H](NC)C(C)(C)c1ccccc1)C(C)(C)C. The van der Waals surface area contributed by atoms with Crippen molar-refractivity contribution in [1.29, 1.82) is 0 Å². The number of sulfonamides is 1. The quantitative estimate of drug-likeness (QED) is 0.0240. The number of primary amides is 1. The first-order chi connectivity index (χ1) is 39.9. The fraction of sp³-hybridized carbons (Fsp3) is 0.603. The first-order valence-corrected chi connectivity index (χ1v) is 31.1. The molecule has 7 atom stereocenters. The molecule has 0 bridgehead atoms. The maximum Gasteiger partial charge on any atom is 0.312 e. The third-order valence-electron chi connectivity index (χ3n) is 16.2. The van der Waals surface area contributed by atoms with E-state index in [0.29, 0.717) is 12.8 Å². The lowest BCUT2D eigenvalue weighted by Crippen LogP contribution is -2.61. The van der Waals surface area contributed by atoms with E-state index in [1.54, 1.807) is 34.9 Å². The third-order valence-corrected chi connectivity index (χ3v) is 17.6. The highest BCUT2D eigenvalue weighted by molar-refractivity contribution is 7.90. The Kier molecular flexibility index (Phi) is 26.9. The second-order valence-corrected chi connectivity index (χ2v) is 27.3. The van der Waals surface area contributed by atoms with E-state index in [1.165, 1.54) is 53.2 Å². The van der Waals surface area contributed by atoms with Gasteiger partial charge in [0, 0.05) is 60.8 Å². The zero-order chi connectivity index (χ0) is 65.3. The lowest BCUT2D eigenvalue weighted by atomic mass is 9.76. The molecule has 22 nitrogen and oxygen atoms in total. The highest BCUT2D eigenvalue weighted by atomic mass is 32.2. The number of carbonyl (C=O) groups is 9. The molecule has 0 aromatic heterocycles. The number of rotatable bonds is 33. The molecule has 2 aromatic carbocycles. The van der Waals surface area contributed by atoms with Gasteiger partial charge in [-0.1, -0.05) is 133 Å². The van der Waals surface area contributed by atoms with E-state index in [-0.39, 0.29) is 97.3 Å². The summed E-state index contributed by atoms with van der Waals surface area (Å²) in [5.74, 6) is -4.97. The molecule has 2 unspecified atom stereocenters. The predicted molar refractivity (Wildman–Crippen MR) is 332 cm³/mol. The predicted octanol–water partition coefficient (Wildman–Crippen LogP) is 5.76. The summed E-state index contributed by atoms with van der Waals surface area (Å²) < 4.78 is 36.4. The number of amides is 10. The van der Waals surface area contributed by atoms with Gasteiger partial charge in [-0.2, -0.15) is 0 Å². The molecule has 478 valence electrons. The number of benzene rings is 2. The molecule has 0 spiro atoms. The molecular weight excluding hydrogens is 1120 g/mol. The summed E-state index contributed by atoms with van der Waals surface area (Å²) >= 11 is 0. The Labute approximate surface area is 510 Å². The summed E-state index contributed by atoms with van der Waals surface area (Å²) in [5, 5.41) is 17.0. The largest absolute Gasteiger partial charge is 0.380 e. The topological polar surface area (TPSA) is 314 Å². The van der Waals surface area contributed by atoms with Crippen molar-refractivity contribution >= 4 is 69.0 Å². The molecule has 86 heavy (non-hydrogen) atoms. The third kappa shape index (κ3) is 20.6. The number of likely N-dealkylation sites (N-methyl/N-ethyl adjacent to an activating group) is 2. The van der Waals surface area contributed by atoms with E-state index in [0.717, 1.165) is 5.56 Å². The summed E-state index contributed by atoms with van der Waals surface area (Å²) in [6.07, 6.45) is 5.49. The van der Waals surface area contributed by atoms with Crippen LogP contribution in [0.3, 0.4) is 0 Å². The average Bonchev–Trinajstić information content (AvgIpc) is 3.05. The minimum Gasteiger partial charge on any atom is -0.380 e. The maximum atomic E-state index is 14.5. The fourth-order valence-corrected chi connectivity index (χ4v) is 11.4. The van der Waals surface area contributed by atoms with E-state index in [2.05, 4.69) is 36.6 Å². The van der Waals surface area contributed by atoms with Gasteiger partial charge in [-0.15, -0.1) is 0 Å². The van der Waals surface area contributed by atoms with E-state index < -0.39 is 103 Å². The standard InChI is InChI=1S/C63H98N10O12S/c1-18-42-34-44(28-29-47(42)86(83,84)71-54(77)41(8)33-46(39(4)5)72(17)58(81)53(60(9,10)11)70-57(80)52(65-16)61(12,13)43-25-22-21-23-26-43)67-55(78)45(27-24-32-66-59(64)82)68-56(79)51(40(6)7)69-48(74)35-62(14,19-2)37-85-38-63(15,20-3)36-73-49(75)30-31-50(73)76/h21-23,25-26,28-31,33-34,39-40,45-46,51-53,65H,18-20,24,27,32,35-38H2,1-17H3,(H,67,78)(H,68,79)(H,69,74)(H,70,80)(H,71,77)(H3,64,66,82)/b41-33+/t45-,46+,51-,52+,53+,62?,63?/m0/s1. The number of aryl methyl sites for hydroxylation is 1. The van der Waals surface area contributed by atoms with Gasteiger partial charge in [0.15, 0.2) is 0 Å². The molecule has 0 fully saturated rings. The lowest BCUT2D eigenvalue weighted by Gasteiger charge is -2.40. The Bertz CT molecular complexity index is 2900. The van der Waals surface area contributed by atoms with Crippen molar-refractivity contribution in [3.63, 3.8) is 0 Å². The monoisotopic (exact) mass is 1220 g/mol. The van der Waals surface area contributed by atoms with Crippen molar-refractivity contribution in [3.05, 3.63) is 83.5 Å². The molecule has 2 aromatic rings. The van der Waals surface area contributed by atoms with Crippen LogP contribution in [0.1, 0.15) is 147 Å². The summed E-state index contributed by atoms with van der Waals surface area (Å²) in [5.41, 5.74) is 3.99. The first kappa shape index (κ1) is 73.3. The molecule has 3 rings (SSSR count). The Hall–Kier alpha value is -6.98. The van der Waals surface area contributed by atoms with Gasteiger partial charge < -0.3 is 47.3 Å². The van der Waals surface area contributed by atoms with Crippen molar-refractivity contribution in [3.8, 4) is 0 Å². The van der Waals surface area contributed by atoms with Crippen molar-refractivity contribution in [2.75, 3.05) is 45.7 Å². The molecule has 0 saturated carbocycles. The van der Waals surface area contributed by atoms with Gasteiger partial charge >= 0.3 is 6.03 Å². The number of carbonyl (C=O) groups excluding carboxylic acids is 9. The maximum absolute atomic E-state index is 14.5. The molecule has 23 heteroatoms. The van der Waals surface area contributed by atoms with Crippen molar-refractivity contribution in [2.24, 2.45) is 33.8 Å². The number of nitrogens with zero attached hydrogens (tertiary/aromatic N) is 2. The number of ether oxygens (including phenoxy) is 1. The number of nitrogens with one attached hydrogen (secondary N) is 7. The van der Waals surface area contributed by atoms with E-state index in [4.69, 9.17) is 10.5 Å². The molecule has 10 amide bonds. The van der Waals surface area contributed by atoms with Crippen LogP contribution < -0.4 is 42.4 Å². The lowest BCUT2D eigenvalue weighted by molar-refractivity contribution is -0.141. The molecule has 1 aliphatic heterocycles. The minimum absolute atomic E-state index is 0.00627. The number of anilines is 1. The number of hydrogen-bond donors (Lipinski definition) is 8. The van der Waals surface area contributed by atoms with Crippen molar-refractivity contribution in [1.82, 2.24) is 41.1 Å². The van der Waals surface area contributed by atoms with E-state index in [1.807, 2.05) is 106 Å². The molecule has 0 radical (unpaired) electrons. The zero-order valence-electron chi connectivity index (χ0n) is 53.7. The number of hydrogen-bond acceptors (Lipinski definition) is 13. The van der Waals surface area contributed by atoms with Gasteiger partial charge in [0.1, 0.15) is 18.1 Å². The highest BCUT2D eigenvalue weighted by Crippen LogP contribution is 2.32. The van der Waals surface area contributed by atoms with Crippen LogP contribution in [0.5, 0.6) is 0 Å². The molecule has 0 aliphatic carbocycles. The second kappa shape index (κ2) is 31.6. The van der Waals surface area contributed by atoms with Gasteiger partial charge in [0.2, 0.25) is 29.5 Å². The molecule has 1 aliphatic rings. The molecule has 9 N–H and O–H groups in total. The summed E-state index contributed by atoms with van der Waals surface area (Å²) in [6, 6.07) is 8.10. The zero-order valence-corrected chi connectivity index (χ0v) is 54.6. The Morgan fingerprint density at radius 2 is 1.36 bits per heavy atom. The second-order valence-electron chi connectivity index (χ2n) is 25.6. The number of imide groups is 1. The smallest absolute Gasteiger partial charge is 0.312 e. The van der Waals surface area contributed by atoms with Gasteiger partial charge in [0.05, 0.1) is 30.2 Å². The van der Waals surface area contributed by atoms with Crippen LogP contribution >= 0.6 is 0 Å². The van der Waals surface area contributed by atoms with Gasteiger partial charge in [-0.25, -0.2) is 17.9 Å². The Morgan fingerprint density at radius 3 is 1.88 bits per heavy atom. The van der Waals surface area contributed by atoms with Crippen molar-refractivity contribution in [2.45, 2.75) is 183 Å². The molecular formula is C63H98N10O12S. The molecule has 1 heterocycles. The van der Waals surface area contributed by atoms with E-state index >= 15 is 0 Å². The van der Waals surface area contributed by atoms with Crippen LogP contribution in [-0.2, 0) is 65.0 Å². The van der Waals surface area contributed by atoms with Crippen LogP contribution in [0.15, 0.2) is 77.2 Å². The normalized spacial score (nSPS) is 16.3. The van der Waals surface area contributed by atoms with Crippen LogP contribution in [0, 0.1) is 28.1 Å². The minimum atomic E-state index is -4.54. The van der Waals surface area contributed by atoms with Crippen LogP contribution in [0.2, 0.25) is 0 Å². The summed E-state index contributed by atoms with van der Waals surface area (Å²) in [7, 11) is -1.27. The number of nitrogens with two attached hydrogens (primary N) is 1. The Morgan fingerprint density at radius 1 is 0.767 bits per heavy atom. The van der Waals surface area contributed by atoms with Crippen molar-refractivity contribution < 1.29 is 56.3 Å². The summed E-state index contributed by atoms with van der Waals surface area (Å²) in [6.45, 7) is 28.0. The van der Waals surface area contributed by atoms with Gasteiger partial charge in [-0.05, 0) is 98.1 Å². The first-order valence-electron chi connectivity index (χ1n) is 29.6. The van der Waals surface area contributed by atoms with Gasteiger partial charge in [-0.3, -0.25) is 43.3 Å². The van der Waals surface area contributed by atoms with Crippen LogP contribution in [0.25, 0.3) is 0 Å². The molecule has 0 saturated heterocycles. The summed E-state index contributed by atoms with van der Waals surface area (Å²) in [4.78, 5) is 123. The Balaban J connectivity index is 1.80. The number of urea groups is 1. The van der Waals surface area contributed by atoms with Gasteiger partial charge in [0.25, 0.3) is 27.7 Å². The highest BCUT2D eigenvalue weighted by Gasteiger charge is 2.42. The fourth-order valence-electron chi connectivity index (χ4n) is 10.1.